The molecule has 0 aliphatic heterocycles. The Hall–Kier alpha value is -3.14. The average Bonchev–Trinajstić information content (AvgIpc) is 2.61. The second-order valence-corrected chi connectivity index (χ2v) is 5.89. The van der Waals surface area contributed by atoms with Crippen LogP contribution in [0.1, 0.15) is 18.1 Å². The molecule has 0 radical (unpaired) electrons. The van der Waals surface area contributed by atoms with Gasteiger partial charge in [-0.25, -0.2) is 0 Å². The number of halogens is 3. The molecule has 0 aliphatic rings. The van der Waals surface area contributed by atoms with E-state index in [9.17, 15) is 13.2 Å². The summed E-state index contributed by atoms with van der Waals surface area (Å²) in [5.41, 5.74) is 3.21. The molecule has 0 bridgehead atoms. The van der Waals surface area contributed by atoms with E-state index < -0.39 is 12.3 Å². The number of nitriles is 1. The summed E-state index contributed by atoms with van der Waals surface area (Å²) in [6.07, 6.45) is -5.01. The highest BCUT2D eigenvalue weighted by Crippen LogP contribution is 2.32. The molecule has 1 heterocycles. The summed E-state index contributed by atoms with van der Waals surface area (Å²) in [6.45, 7) is 2.84. The molecule has 1 aromatic heterocycles. The third-order valence-corrected chi connectivity index (χ3v) is 4.05. The zero-order valence-corrected chi connectivity index (χ0v) is 14.0. The van der Waals surface area contributed by atoms with Gasteiger partial charge in [0.15, 0.2) is 6.10 Å². The molecule has 1 unspecified atom stereocenters. The molecule has 0 aliphatic carbocycles. The van der Waals surface area contributed by atoms with Crippen molar-refractivity contribution in [2.24, 2.45) is 0 Å². The van der Waals surface area contributed by atoms with Gasteiger partial charge >= 0.3 is 6.18 Å². The normalized spacial score (nSPS) is 12.6. The van der Waals surface area contributed by atoms with Gasteiger partial charge in [0, 0.05) is 10.8 Å². The maximum atomic E-state index is 12.7. The predicted molar refractivity (Wildman–Crippen MR) is 90.6 cm³/mol. The first kappa shape index (κ1) is 17.7. The lowest BCUT2D eigenvalue weighted by Gasteiger charge is -2.17. The molecular formula is C19H14F3N3O. The molecule has 0 N–H and O–H groups in total. The summed E-state index contributed by atoms with van der Waals surface area (Å²) in [6, 6.07) is 12.7. The molecule has 4 nitrogen and oxygen atoms in total. The molecule has 3 rings (SSSR count). The molecule has 132 valence electrons. The van der Waals surface area contributed by atoms with Gasteiger partial charge in [-0.05, 0) is 54.8 Å². The fourth-order valence-electron chi connectivity index (χ4n) is 2.55. The maximum absolute atomic E-state index is 12.7. The molecule has 7 heteroatoms. The van der Waals surface area contributed by atoms with Gasteiger partial charge < -0.3 is 4.74 Å². The quantitative estimate of drug-likeness (QED) is 0.675. The van der Waals surface area contributed by atoms with Crippen LogP contribution in [0.4, 0.5) is 13.2 Å². The number of alkyl halides is 3. The van der Waals surface area contributed by atoms with Gasteiger partial charge in [-0.2, -0.15) is 23.5 Å². The Morgan fingerprint density at radius 3 is 2.62 bits per heavy atom. The molecule has 0 amide bonds. The number of ether oxygens (including phenoxy) is 1. The minimum Gasteiger partial charge on any atom is -0.463 e. The summed E-state index contributed by atoms with van der Waals surface area (Å²) in [5, 5.41) is 17.6. The van der Waals surface area contributed by atoms with Crippen LogP contribution in [0.5, 0.6) is 5.88 Å². The van der Waals surface area contributed by atoms with Crippen molar-refractivity contribution in [3.05, 3.63) is 53.7 Å². The summed E-state index contributed by atoms with van der Waals surface area (Å²) >= 11 is 0. The van der Waals surface area contributed by atoms with Crippen molar-refractivity contribution in [1.29, 1.82) is 5.26 Å². The third-order valence-electron chi connectivity index (χ3n) is 4.05. The Bertz CT molecular complexity index is 1010. The fraction of sp³-hybridized carbons (Fsp3) is 0.211. The smallest absolute Gasteiger partial charge is 0.425 e. The highest BCUT2D eigenvalue weighted by molar-refractivity contribution is 5.90. The van der Waals surface area contributed by atoms with Crippen LogP contribution in [-0.2, 0) is 0 Å². The van der Waals surface area contributed by atoms with Crippen LogP contribution in [0.25, 0.3) is 21.9 Å². The summed E-state index contributed by atoms with van der Waals surface area (Å²) in [5.74, 6) is -0.165. The molecule has 1 atom stereocenters. The highest BCUT2D eigenvalue weighted by atomic mass is 19.4. The summed E-state index contributed by atoms with van der Waals surface area (Å²) < 4.78 is 43.2. The van der Waals surface area contributed by atoms with Gasteiger partial charge in [0.1, 0.15) is 0 Å². The Morgan fingerprint density at radius 2 is 1.92 bits per heavy atom. The van der Waals surface area contributed by atoms with E-state index in [4.69, 9.17) is 10.00 Å². The second-order valence-electron chi connectivity index (χ2n) is 5.89. The standard InChI is InChI=1S/C19H14F3N3O/c1-11-3-4-13(9-23)7-17(11)14-5-6-16-15(8-14)10-24-25-18(16)26-12(2)19(20,21)22/h3-8,10,12H,1-2H3. The largest absolute Gasteiger partial charge is 0.463 e. The lowest BCUT2D eigenvalue weighted by atomic mass is 9.97. The zero-order valence-electron chi connectivity index (χ0n) is 14.0. The summed E-state index contributed by atoms with van der Waals surface area (Å²) in [7, 11) is 0. The van der Waals surface area contributed by atoms with Gasteiger partial charge in [0.25, 0.3) is 0 Å². The van der Waals surface area contributed by atoms with E-state index in [1.165, 1.54) is 6.20 Å². The van der Waals surface area contributed by atoms with Crippen molar-refractivity contribution in [3.63, 3.8) is 0 Å². The maximum Gasteiger partial charge on any atom is 0.425 e. The zero-order chi connectivity index (χ0) is 18.9. The van der Waals surface area contributed by atoms with Crippen LogP contribution in [0, 0.1) is 18.3 Å². The topological polar surface area (TPSA) is 58.8 Å². The van der Waals surface area contributed by atoms with E-state index in [-0.39, 0.29) is 5.88 Å². The first-order chi connectivity index (χ1) is 12.3. The SMILES string of the molecule is Cc1ccc(C#N)cc1-c1ccc2c(OC(C)C(F)(F)F)nncc2c1. The van der Waals surface area contributed by atoms with Crippen LogP contribution >= 0.6 is 0 Å². The number of aromatic nitrogens is 2. The van der Waals surface area contributed by atoms with Gasteiger partial charge in [-0.1, -0.05) is 12.1 Å². The molecule has 26 heavy (non-hydrogen) atoms. The molecule has 0 fully saturated rings. The molecule has 0 spiro atoms. The Balaban J connectivity index is 2.05. The van der Waals surface area contributed by atoms with E-state index >= 15 is 0 Å². The monoisotopic (exact) mass is 357 g/mol. The van der Waals surface area contributed by atoms with Crippen LogP contribution in [0.15, 0.2) is 42.6 Å². The Labute approximate surface area is 147 Å². The van der Waals surface area contributed by atoms with Gasteiger partial charge in [0.05, 0.1) is 17.8 Å². The molecule has 0 saturated heterocycles. The van der Waals surface area contributed by atoms with Crippen LogP contribution in [0.2, 0.25) is 0 Å². The van der Waals surface area contributed by atoms with Crippen LogP contribution in [0.3, 0.4) is 0 Å². The Kier molecular flexibility index (Phi) is 4.51. The lowest BCUT2D eigenvalue weighted by Crippen LogP contribution is -2.31. The minimum absolute atomic E-state index is 0.165. The average molecular weight is 357 g/mol. The fourth-order valence-corrected chi connectivity index (χ4v) is 2.55. The number of hydrogen-bond acceptors (Lipinski definition) is 4. The van der Waals surface area contributed by atoms with Crippen molar-refractivity contribution in [1.82, 2.24) is 10.2 Å². The Morgan fingerprint density at radius 1 is 1.15 bits per heavy atom. The summed E-state index contributed by atoms with van der Waals surface area (Å²) in [4.78, 5) is 0. The molecular weight excluding hydrogens is 343 g/mol. The number of rotatable bonds is 3. The van der Waals surface area contributed by atoms with E-state index in [1.54, 1.807) is 30.3 Å². The second kappa shape index (κ2) is 6.64. The van der Waals surface area contributed by atoms with Crippen LogP contribution < -0.4 is 4.74 Å². The van der Waals surface area contributed by atoms with Gasteiger partial charge in [-0.3, -0.25) is 0 Å². The van der Waals surface area contributed by atoms with Crippen molar-refractivity contribution in [2.45, 2.75) is 26.1 Å². The first-order valence-electron chi connectivity index (χ1n) is 7.79. The number of nitrogens with zero attached hydrogens (tertiary/aromatic N) is 3. The minimum atomic E-state index is -4.49. The van der Waals surface area contributed by atoms with Crippen LogP contribution in [-0.4, -0.2) is 22.5 Å². The van der Waals surface area contributed by atoms with Crippen molar-refractivity contribution >= 4 is 10.8 Å². The van der Waals surface area contributed by atoms with Gasteiger partial charge in [-0.15, -0.1) is 5.10 Å². The molecule has 3 aromatic rings. The number of benzene rings is 2. The van der Waals surface area contributed by atoms with Crippen molar-refractivity contribution < 1.29 is 17.9 Å². The van der Waals surface area contributed by atoms with Crippen molar-refractivity contribution in [3.8, 4) is 23.1 Å². The lowest BCUT2D eigenvalue weighted by molar-refractivity contribution is -0.189. The first-order valence-corrected chi connectivity index (χ1v) is 7.79. The van der Waals surface area contributed by atoms with E-state index in [0.717, 1.165) is 23.6 Å². The van der Waals surface area contributed by atoms with E-state index in [0.29, 0.717) is 16.3 Å². The predicted octanol–water partition coefficient (Wildman–Crippen LogP) is 4.81. The van der Waals surface area contributed by atoms with Gasteiger partial charge in [0.2, 0.25) is 5.88 Å². The number of aryl methyl sites for hydroxylation is 1. The highest BCUT2D eigenvalue weighted by Gasteiger charge is 2.38. The number of fused-ring (bicyclic) bond motifs is 1. The van der Waals surface area contributed by atoms with Crippen molar-refractivity contribution in [2.75, 3.05) is 0 Å². The van der Waals surface area contributed by atoms with E-state index in [1.807, 2.05) is 13.0 Å². The number of hydrogen-bond donors (Lipinski definition) is 0. The third kappa shape index (κ3) is 3.45. The molecule has 0 saturated carbocycles. The molecule has 2 aromatic carbocycles. The van der Waals surface area contributed by atoms with E-state index in [2.05, 4.69) is 16.3 Å².